The Morgan fingerprint density at radius 2 is 2.00 bits per heavy atom. The third kappa shape index (κ3) is 4.95. The van der Waals surface area contributed by atoms with E-state index in [4.69, 9.17) is 9.47 Å². The number of rotatable bonds is 7. The average molecular weight is 327 g/mol. The molecule has 0 saturated carbocycles. The van der Waals surface area contributed by atoms with Crippen LogP contribution in [-0.2, 0) is 16.1 Å². The molecule has 0 bridgehead atoms. The molecule has 0 aliphatic carbocycles. The van der Waals surface area contributed by atoms with Crippen LogP contribution < -0.4 is 4.74 Å². The monoisotopic (exact) mass is 327 g/mol. The molecule has 0 fully saturated rings. The summed E-state index contributed by atoms with van der Waals surface area (Å²) in [5.41, 5.74) is 1.29. The lowest BCUT2D eigenvalue weighted by Crippen LogP contribution is -2.03. The van der Waals surface area contributed by atoms with E-state index < -0.39 is 10.9 Å². The van der Waals surface area contributed by atoms with E-state index in [1.807, 2.05) is 31.2 Å². The molecule has 0 heterocycles. The molecule has 0 unspecified atom stereocenters. The topological polar surface area (TPSA) is 78.7 Å². The molecule has 0 spiro atoms. The van der Waals surface area contributed by atoms with Gasteiger partial charge in [-0.05, 0) is 24.6 Å². The maximum absolute atomic E-state index is 11.8. The highest BCUT2D eigenvalue weighted by Gasteiger charge is 2.06. The predicted octanol–water partition coefficient (Wildman–Crippen LogP) is 3.75. The average Bonchev–Trinajstić information content (AvgIpc) is 2.59. The Bertz CT molecular complexity index is 755. The lowest BCUT2D eigenvalue weighted by Gasteiger charge is -2.09. The molecule has 124 valence electrons. The number of ether oxygens (including phenoxy) is 2. The molecule has 0 saturated heterocycles. The van der Waals surface area contributed by atoms with Crippen LogP contribution in [0, 0.1) is 10.1 Å². The lowest BCUT2D eigenvalue weighted by molar-refractivity contribution is -0.384. The van der Waals surface area contributed by atoms with Gasteiger partial charge < -0.3 is 9.47 Å². The normalized spacial score (nSPS) is 10.5. The van der Waals surface area contributed by atoms with Crippen molar-refractivity contribution in [1.82, 2.24) is 0 Å². The van der Waals surface area contributed by atoms with Crippen molar-refractivity contribution in [1.29, 1.82) is 0 Å². The van der Waals surface area contributed by atoms with Crippen molar-refractivity contribution in [3.05, 3.63) is 75.8 Å². The van der Waals surface area contributed by atoms with Gasteiger partial charge in [-0.15, -0.1) is 0 Å². The Labute approximate surface area is 139 Å². The number of hydrogen-bond acceptors (Lipinski definition) is 5. The van der Waals surface area contributed by atoms with E-state index in [2.05, 4.69) is 0 Å². The predicted molar refractivity (Wildman–Crippen MR) is 89.5 cm³/mol. The number of esters is 1. The smallest absolute Gasteiger partial charge is 0.331 e. The largest absolute Gasteiger partial charge is 0.493 e. The van der Waals surface area contributed by atoms with E-state index >= 15 is 0 Å². The van der Waals surface area contributed by atoms with Crippen molar-refractivity contribution in [3.63, 3.8) is 0 Å². The molecule has 0 amide bonds. The van der Waals surface area contributed by atoms with Gasteiger partial charge in [0.25, 0.3) is 5.69 Å². The Balaban J connectivity index is 1.96. The van der Waals surface area contributed by atoms with Crippen molar-refractivity contribution in [3.8, 4) is 5.75 Å². The zero-order valence-electron chi connectivity index (χ0n) is 13.2. The number of nitro groups is 1. The first-order chi connectivity index (χ1) is 11.6. The third-order valence-electron chi connectivity index (χ3n) is 3.14. The van der Waals surface area contributed by atoms with Crippen LogP contribution in [0.4, 0.5) is 5.69 Å². The van der Waals surface area contributed by atoms with Crippen molar-refractivity contribution in [2.75, 3.05) is 6.61 Å². The van der Waals surface area contributed by atoms with E-state index in [-0.39, 0.29) is 12.3 Å². The van der Waals surface area contributed by atoms with Gasteiger partial charge in [-0.2, -0.15) is 0 Å². The van der Waals surface area contributed by atoms with Crippen LogP contribution >= 0.6 is 0 Å². The molecule has 6 nitrogen and oxygen atoms in total. The number of benzene rings is 2. The Morgan fingerprint density at radius 3 is 2.75 bits per heavy atom. The van der Waals surface area contributed by atoms with Gasteiger partial charge in [0, 0.05) is 23.8 Å². The second kappa shape index (κ2) is 8.47. The quantitative estimate of drug-likeness (QED) is 0.335. The van der Waals surface area contributed by atoms with Crippen molar-refractivity contribution in [2.45, 2.75) is 13.5 Å². The standard InChI is InChI=1S/C18H17NO5/c1-2-23-17-9-4-3-7-15(17)13-24-18(20)11-10-14-6-5-8-16(12-14)19(21)22/h3-12H,2,13H2,1H3/b11-10+. The lowest BCUT2D eigenvalue weighted by atomic mass is 10.2. The molecule has 2 aromatic rings. The summed E-state index contributed by atoms with van der Waals surface area (Å²) in [7, 11) is 0. The number of carbonyl (C=O) groups excluding carboxylic acids is 1. The number of carbonyl (C=O) groups is 1. The number of hydrogen-bond donors (Lipinski definition) is 0. The minimum absolute atomic E-state index is 0.0313. The second-order valence-electron chi connectivity index (χ2n) is 4.83. The molecule has 0 radical (unpaired) electrons. The molecule has 0 aromatic heterocycles. The molecule has 0 N–H and O–H groups in total. The van der Waals surface area contributed by atoms with Gasteiger partial charge in [-0.3, -0.25) is 10.1 Å². The van der Waals surface area contributed by atoms with E-state index in [1.54, 1.807) is 12.1 Å². The van der Waals surface area contributed by atoms with E-state index in [0.29, 0.717) is 17.9 Å². The zero-order valence-corrected chi connectivity index (χ0v) is 13.2. The van der Waals surface area contributed by atoms with Crippen LogP contribution in [0.3, 0.4) is 0 Å². The second-order valence-corrected chi connectivity index (χ2v) is 4.83. The number of non-ortho nitro benzene ring substituents is 1. The maximum atomic E-state index is 11.8. The van der Waals surface area contributed by atoms with Gasteiger partial charge in [0.1, 0.15) is 12.4 Å². The molecular weight excluding hydrogens is 310 g/mol. The third-order valence-corrected chi connectivity index (χ3v) is 3.14. The molecule has 2 rings (SSSR count). The van der Waals surface area contributed by atoms with Gasteiger partial charge in [0.15, 0.2) is 0 Å². The molecule has 2 aromatic carbocycles. The molecule has 0 atom stereocenters. The summed E-state index contributed by atoms with van der Waals surface area (Å²) in [6.45, 7) is 2.50. The van der Waals surface area contributed by atoms with Gasteiger partial charge in [-0.25, -0.2) is 4.79 Å². The summed E-state index contributed by atoms with van der Waals surface area (Å²) < 4.78 is 10.6. The van der Waals surface area contributed by atoms with Crippen LogP contribution in [0.15, 0.2) is 54.6 Å². The van der Waals surface area contributed by atoms with Crippen LogP contribution in [-0.4, -0.2) is 17.5 Å². The van der Waals surface area contributed by atoms with Crippen LogP contribution in [0.2, 0.25) is 0 Å². The first kappa shape index (κ1) is 17.2. The Morgan fingerprint density at radius 1 is 1.21 bits per heavy atom. The van der Waals surface area contributed by atoms with E-state index in [9.17, 15) is 14.9 Å². The highest BCUT2D eigenvalue weighted by atomic mass is 16.6. The van der Waals surface area contributed by atoms with Gasteiger partial charge in [0.2, 0.25) is 0 Å². The molecular formula is C18H17NO5. The summed E-state index contributed by atoms with van der Waals surface area (Å²) in [5, 5.41) is 10.7. The summed E-state index contributed by atoms with van der Waals surface area (Å²) >= 11 is 0. The van der Waals surface area contributed by atoms with Gasteiger partial charge >= 0.3 is 5.97 Å². The van der Waals surface area contributed by atoms with E-state index in [0.717, 1.165) is 5.56 Å². The molecule has 24 heavy (non-hydrogen) atoms. The van der Waals surface area contributed by atoms with Gasteiger partial charge in [0.05, 0.1) is 11.5 Å². The first-order valence-corrected chi connectivity index (χ1v) is 7.40. The van der Waals surface area contributed by atoms with Crippen molar-refractivity contribution < 1.29 is 19.2 Å². The van der Waals surface area contributed by atoms with Crippen LogP contribution in [0.5, 0.6) is 5.75 Å². The number of nitro benzene ring substituents is 1. The fourth-order valence-electron chi connectivity index (χ4n) is 2.02. The minimum atomic E-state index is -0.534. The zero-order chi connectivity index (χ0) is 17.4. The summed E-state index contributed by atoms with van der Waals surface area (Å²) in [6, 6.07) is 13.3. The van der Waals surface area contributed by atoms with Crippen LogP contribution in [0.1, 0.15) is 18.1 Å². The van der Waals surface area contributed by atoms with E-state index in [1.165, 1.54) is 24.3 Å². The number of para-hydroxylation sites is 1. The van der Waals surface area contributed by atoms with Gasteiger partial charge in [-0.1, -0.05) is 30.3 Å². The first-order valence-electron chi connectivity index (χ1n) is 7.40. The van der Waals surface area contributed by atoms with Crippen molar-refractivity contribution >= 4 is 17.7 Å². The molecule has 0 aliphatic heterocycles. The summed E-state index contributed by atoms with van der Waals surface area (Å²) in [6.07, 6.45) is 2.71. The highest BCUT2D eigenvalue weighted by molar-refractivity contribution is 5.87. The highest BCUT2D eigenvalue weighted by Crippen LogP contribution is 2.19. The molecule has 0 aliphatic rings. The summed E-state index contributed by atoms with van der Waals surface area (Å²) in [5.74, 6) is 0.142. The Hall–Kier alpha value is -3.15. The SMILES string of the molecule is CCOc1ccccc1COC(=O)/C=C/c1cccc([N+](=O)[O-])c1. The minimum Gasteiger partial charge on any atom is -0.493 e. The Kier molecular flexibility index (Phi) is 6.08. The van der Waals surface area contributed by atoms with Crippen molar-refractivity contribution in [2.24, 2.45) is 0 Å². The fourth-order valence-corrected chi connectivity index (χ4v) is 2.02. The fraction of sp³-hybridized carbons (Fsp3) is 0.167. The summed E-state index contributed by atoms with van der Waals surface area (Å²) in [4.78, 5) is 22.0. The maximum Gasteiger partial charge on any atom is 0.331 e. The molecule has 6 heteroatoms. The number of nitrogens with zero attached hydrogens (tertiary/aromatic N) is 1. The van der Waals surface area contributed by atoms with Crippen LogP contribution in [0.25, 0.3) is 6.08 Å².